The molecule has 3 rings (SSSR count). The van der Waals surface area contributed by atoms with Crippen LogP contribution in [-0.2, 0) is 22.6 Å². The number of rotatable bonds is 7. The summed E-state index contributed by atoms with van der Waals surface area (Å²) in [5.74, 6) is -1.01. The molecule has 0 radical (unpaired) electrons. The van der Waals surface area contributed by atoms with Crippen molar-refractivity contribution >= 4 is 27.3 Å². The minimum atomic E-state index is -4.72. The summed E-state index contributed by atoms with van der Waals surface area (Å²) in [5.41, 5.74) is 4.69. The van der Waals surface area contributed by atoms with Crippen molar-refractivity contribution in [2.45, 2.75) is 38.0 Å². The van der Waals surface area contributed by atoms with Crippen molar-refractivity contribution in [2.24, 2.45) is 5.73 Å². The molecule has 1 aliphatic carbocycles. The molecule has 0 unspecified atom stereocenters. The van der Waals surface area contributed by atoms with E-state index in [1.54, 1.807) is 12.1 Å². The highest BCUT2D eigenvalue weighted by Crippen LogP contribution is 2.44. The lowest BCUT2D eigenvalue weighted by atomic mass is 10.00. The predicted molar refractivity (Wildman–Crippen MR) is 117 cm³/mol. The Hall–Kier alpha value is -2.04. The van der Waals surface area contributed by atoms with Crippen LogP contribution in [0.3, 0.4) is 0 Å². The Morgan fingerprint density at radius 3 is 2.28 bits per heavy atom. The molecule has 1 saturated carbocycles. The average Bonchev–Trinajstić information content (AvgIpc) is 3.31. The molecular formula is C21H25ClF3N3O3S. The Balaban J connectivity index is 2.23. The first kappa shape index (κ1) is 24.6. The standard InChI is InChI=1S/C21H25ClF3N3O3S/c1-13-16(14-4-6-15(22)7-5-14)17(19(29)27(2)10-11-32(3,30)31)28(12-20(26)8-9-20)18(13)21(23,24)25/h4-7H,8-12,26H2,1-3H3. The van der Waals surface area contributed by atoms with Gasteiger partial charge in [-0.25, -0.2) is 8.42 Å². The van der Waals surface area contributed by atoms with Gasteiger partial charge >= 0.3 is 6.18 Å². The van der Waals surface area contributed by atoms with Gasteiger partial charge in [-0.05, 0) is 43.0 Å². The zero-order valence-corrected chi connectivity index (χ0v) is 19.5. The Kier molecular flexibility index (Phi) is 6.45. The fourth-order valence-corrected chi connectivity index (χ4v) is 4.41. The molecule has 0 bridgehead atoms. The van der Waals surface area contributed by atoms with Crippen LogP contribution in [0.1, 0.15) is 34.6 Å². The maximum absolute atomic E-state index is 14.2. The van der Waals surface area contributed by atoms with Gasteiger partial charge in [0.2, 0.25) is 0 Å². The third kappa shape index (κ3) is 5.29. The van der Waals surface area contributed by atoms with Gasteiger partial charge in [0.25, 0.3) is 5.91 Å². The van der Waals surface area contributed by atoms with Gasteiger partial charge in [0.1, 0.15) is 21.2 Å². The molecule has 11 heteroatoms. The largest absolute Gasteiger partial charge is 0.431 e. The lowest BCUT2D eigenvalue weighted by Crippen LogP contribution is -2.36. The molecule has 1 amide bonds. The quantitative estimate of drug-likeness (QED) is 0.639. The molecule has 0 spiro atoms. The number of hydrogen-bond donors (Lipinski definition) is 1. The zero-order chi connectivity index (χ0) is 24.1. The Morgan fingerprint density at radius 2 is 1.81 bits per heavy atom. The van der Waals surface area contributed by atoms with Crippen LogP contribution in [0, 0.1) is 6.92 Å². The number of amides is 1. The van der Waals surface area contributed by atoms with Crippen LogP contribution in [0.15, 0.2) is 24.3 Å². The molecule has 32 heavy (non-hydrogen) atoms. The maximum atomic E-state index is 14.2. The topological polar surface area (TPSA) is 85.4 Å². The van der Waals surface area contributed by atoms with Gasteiger partial charge < -0.3 is 15.2 Å². The first-order valence-corrected chi connectivity index (χ1v) is 12.3. The number of halogens is 4. The number of carbonyl (C=O) groups excluding carboxylic acids is 1. The molecule has 2 aromatic rings. The number of nitrogens with zero attached hydrogens (tertiary/aromatic N) is 2. The number of aromatic nitrogens is 1. The fraction of sp³-hybridized carbons (Fsp3) is 0.476. The van der Waals surface area contributed by atoms with E-state index in [0.717, 1.165) is 15.7 Å². The highest BCUT2D eigenvalue weighted by Gasteiger charge is 2.46. The molecule has 1 heterocycles. The minimum absolute atomic E-state index is 0.0936. The van der Waals surface area contributed by atoms with E-state index < -0.39 is 33.2 Å². The van der Waals surface area contributed by atoms with E-state index in [4.69, 9.17) is 17.3 Å². The van der Waals surface area contributed by atoms with E-state index in [-0.39, 0.29) is 35.7 Å². The van der Waals surface area contributed by atoms with Gasteiger partial charge in [0.15, 0.2) is 0 Å². The van der Waals surface area contributed by atoms with E-state index in [2.05, 4.69) is 0 Å². The summed E-state index contributed by atoms with van der Waals surface area (Å²) in [6, 6.07) is 6.18. The van der Waals surface area contributed by atoms with Crippen molar-refractivity contribution in [1.29, 1.82) is 0 Å². The third-order valence-corrected chi connectivity index (χ3v) is 6.80. The van der Waals surface area contributed by atoms with Gasteiger partial charge in [-0.1, -0.05) is 23.7 Å². The number of alkyl halides is 3. The number of nitrogens with two attached hydrogens (primary N) is 1. The number of benzene rings is 1. The molecule has 0 aliphatic heterocycles. The molecule has 6 nitrogen and oxygen atoms in total. The first-order chi connectivity index (χ1) is 14.6. The van der Waals surface area contributed by atoms with Gasteiger partial charge in [0.05, 0.1) is 5.75 Å². The number of sulfone groups is 1. The van der Waals surface area contributed by atoms with Crippen LogP contribution in [0.2, 0.25) is 5.02 Å². The maximum Gasteiger partial charge on any atom is 0.431 e. The zero-order valence-electron chi connectivity index (χ0n) is 18.0. The predicted octanol–water partition coefficient (Wildman–Crippen LogP) is 3.74. The number of carbonyl (C=O) groups is 1. The molecule has 0 saturated heterocycles. The van der Waals surface area contributed by atoms with Crippen LogP contribution in [0.5, 0.6) is 0 Å². The Morgan fingerprint density at radius 1 is 1.25 bits per heavy atom. The summed E-state index contributed by atoms with van der Waals surface area (Å²) < 4.78 is 66.5. The van der Waals surface area contributed by atoms with E-state index in [1.165, 1.54) is 26.1 Å². The average molecular weight is 492 g/mol. The Labute approximate surface area is 190 Å². The summed E-state index contributed by atoms with van der Waals surface area (Å²) in [7, 11) is -2.00. The Bertz CT molecular complexity index is 1140. The van der Waals surface area contributed by atoms with E-state index >= 15 is 0 Å². The van der Waals surface area contributed by atoms with Crippen molar-refractivity contribution in [3.63, 3.8) is 0 Å². The summed E-state index contributed by atoms with van der Waals surface area (Å²) in [6.45, 7) is 1.00. The third-order valence-electron chi connectivity index (χ3n) is 5.62. The van der Waals surface area contributed by atoms with Gasteiger partial charge in [-0.15, -0.1) is 0 Å². The van der Waals surface area contributed by atoms with Crippen molar-refractivity contribution in [2.75, 3.05) is 25.6 Å². The summed E-state index contributed by atoms with van der Waals surface area (Å²) in [6.07, 6.45) is -2.59. The lowest BCUT2D eigenvalue weighted by Gasteiger charge is -2.22. The molecule has 1 aliphatic rings. The summed E-state index contributed by atoms with van der Waals surface area (Å²) >= 11 is 5.95. The van der Waals surface area contributed by atoms with Crippen molar-refractivity contribution in [3.8, 4) is 11.1 Å². The van der Waals surface area contributed by atoms with Crippen LogP contribution >= 0.6 is 11.6 Å². The lowest BCUT2D eigenvalue weighted by molar-refractivity contribution is -0.144. The number of hydrogen-bond acceptors (Lipinski definition) is 4. The second-order valence-corrected chi connectivity index (χ2v) is 11.2. The summed E-state index contributed by atoms with van der Waals surface area (Å²) in [4.78, 5) is 14.5. The van der Waals surface area contributed by atoms with Gasteiger partial charge in [-0.3, -0.25) is 4.79 Å². The normalized spacial score (nSPS) is 15.6. The molecule has 1 aromatic heterocycles. The van der Waals surface area contributed by atoms with Gasteiger partial charge in [0, 0.05) is 42.5 Å². The van der Waals surface area contributed by atoms with Crippen molar-refractivity contribution < 1.29 is 26.4 Å². The minimum Gasteiger partial charge on any atom is -0.339 e. The summed E-state index contributed by atoms with van der Waals surface area (Å²) in [5, 5.41) is 0.402. The van der Waals surface area contributed by atoms with Crippen molar-refractivity contribution in [1.82, 2.24) is 9.47 Å². The highest BCUT2D eigenvalue weighted by atomic mass is 35.5. The monoisotopic (exact) mass is 491 g/mol. The molecule has 1 aromatic carbocycles. The molecular weight excluding hydrogens is 467 g/mol. The van der Waals surface area contributed by atoms with E-state index in [1.807, 2.05) is 0 Å². The van der Waals surface area contributed by atoms with Crippen molar-refractivity contribution in [3.05, 3.63) is 46.2 Å². The van der Waals surface area contributed by atoms with Crippen LogP contribution in [0.4, 0.5) is 13.2 Å². The molecule has 1 fully saturated rings. The SMILES string of the molecule is Cc1c(-c2ccc(Cl)cc2)c(C(=O)N(C)CCS(C)(=O)=O)n(CC2(N)CC2)c1C(F)(F)F. The van der Waals surface area contributed by atoms with Crippen LogP contribution in [0.25, 0.3) is 11.1 Å². The first-order valence-electron chi connectivity index (χ1n) is 9.91. The second kappa shape index (κ2) is 8.39. The van der Waals surface area contributed by atoms with E-state index in [0.29, 0.717) is 23.4 Å². The second-order valence-electron chi connectivity index (χ2n) is 8.51. The van der Waals surface area contributed by atoms with Crippen LogP contribution in [-0.4, -0.2) is 54.9 Å². The fourth-order valence-electron chi connectivity index (χ4n) is 3.68. The van der Waals surface area contributed by atoms with Gasteiger partial charge in [-0.2, -0.15) is 13.2 Å². The smallest absolute Gasteiger partial charge is 0.339 e. The molecule has 2 N–H and O–H groups in total. The highest BCUT2D eigenvalue weighted by molar-refractivity contribution is 7.90. The molecule has 0 atom stereocenters. The van der Waals surface area contributed by atoms with E-state index in [9.17, 15) is 26.4 Å². The molecule has 176 valence electrons. The van der Waals surface area contributed by atoms with Crippen LogP contribution < -0.4 is 5.73 Å².